The maximum Gasteiger partial charge on any atom is 0.145 e. The smallest absolute Gasteiger partial charge is 0.145 e. The van der Waals surface area contributed by atoms with E-state index in [0.29, 0.717) is 0 Å². The first-order chi connectivity index (χ1) is 8.56. The zero-order valence-electron chi connectivity index (χ0n) is 10.7. The van der Waals surface area contributed by atoms with Crippen molar-refractivity contribution < 1.29 is 0 Å². The van der Waals surface area contributed by atoms with Gasteiger partial charge >= 0.3 is 0 Å². The Balaban J connectivity index is 2.13. The topological polar surface area (TPSA) is 37.8 Å². The Morgan fingerprint density at radius 2 is 1.78 bits per heavy atom. The second kappa shape index (κ2) is 5.36. The quantitative estimate of drug-likeness (QED) is 0.910. The van der Waals surface area contributed by atoms with Gasteiger partial charge in [0.2, 0.25) is 0 Å². The summed E-state index contributed by atoms with van der Waals surface area (Å²) in [5.74, 6) is 0.792. The van der Waals surface area contributed by atoms with E-state index < -0.39 is 0 Å². The summed E-state index contributed by atoms with van der Waals surface area (Å²) >= 11 is 5.87. The van der Waals surface area contributed by atoms with E-state index >= 15 is 0 Å². The molecule has 0 spiro atoms. The standard InChI is InChI=1S/C14H16ClN3/c1-9-10(2)17-14(8-16-9)18-11(3)12-4-6-13(15)7-5-12/h4-8,11H,1-3H3,(H,17,18). The normalized spacial score (nSPS) is 12.2. The molecule has 1 aromatic carbocycles. The van der Waals surface area contributed by atoms with Gasteiger partial charge in [-0.2, -0.15) is 0 Å². The third-order valence-electron chi connectivity index (χ3n) is 2.93. The lowest BCUT2D eigenvalue weighted by molar-refractivity contribution is 0.865. The van der Waals surface area contributed by atoms with Crippen molar-refractivity contribution in [2.24, 2.45) is 0 Å². The van der Waals surface area contributed by atoms with Crippen LogP contribution in [0.2, 0.25) is 5.02 Å². The highest BCUT2D eigenvalue weighted by atomic mass is 35.5. The second-order valence-electron chi connectivity index (χ2n) is 4.34. The van der Waals surface area contributed by atoms with Gasteiger partial charge < -0.3 is 5.32 Å². The van der Waals surface area contributed by atoms with Crippen LogP contribution in [-0.4, -0.2) is 9.97 Å². The second-order valence-corrected chi connectivity index (χ2v) is 4.78. The van der Waals surface area contributed by atoms with Gasteiger partial charge in [-0.25, -0.2) is 4.98 Å². The lowest BCUT2D eigenvalue weighted by atomic mass is 10.1. The van der Waals surface area contributed by atoms with Crippen molar-refractivity contribution in [2.75, 3.05) is 5.32 Å². The Bertz CT molecular complexity index is 537. The van der Waals surface area contributed by atoms with Crippen LogP contribution in [0.1, 0.15) is 29.9 Å². The number of benzene rings is 1. The van der Waals surface area contributed by atoms with Crippen molar-refractivity contribution in [3.05, 3.63) is 52.4 Å². The van der Waals surface area contributed by atoms with E-state index in [1.54, 1.807) is 6.20 Å². The van der Waals surface area contributed by atoms with Gasteiger partial charge in [-0.15, -0.1) is 0 Å². The molecule has 0 aliphatic heterocycles. The van der Waals surface area contributed by atoms with Crippen molar-refractivity contribution in [1.29, 1.82) is 0 Å². The summed E-state index contributed by atoms with van der Waals surface area (Å²) in [4.78, 5) is 8.75. The van der Waals surface area contributed by atoms with Crippen LogP contribution in [-0.2, 0) is 0 Å². The van der Waals surface area contributed by atoms with Gasteiger partial charge in [0.15, 0.2) is 0 Å². The highest BCUT2D eigenvalue weighted by molar-refractivity contribution is 6.30. The molecule has 94 valence electrons. The fourth-order valence-corrected chi connectivity index (χ4v) is 1.79. The molecular formula is C14H16ClN3. The number of aryl methyl sites for hydroxylation is 2. The lowest BCUT2D eigenvalue weighted by Gasteiger charge is -2.15. The Hall–Kier alpha value is -1.61. The molecule has 1 N–H and O–H groups in total. The third kappa shape index (κ3) is 2.99. The first-order valence-electron chi connectivity index (χ1n) is 5.88. The fourth-order valence-electron chi connectivity index (χ4n) is 1.67. The molecule has 2 rings (SSSR count). The largest absolute Gasteiger partial charge is 0.362 e. The molecule has 0 radical (unpaired) electrons. The fraction of sp³-hybridized carbons (Fsp3) is 0.286. The van der Waals surface area contributed by atoms with Crippen molar-refractivity contribution in [2.45, 2.75) is 26.8 Å². The first kappa shape index (κ1) is 12.8. The number of aromatic nitrogens is 2. The predicted molar refractivity (Wildman–Crippen MR) is 75.0 cm³/mol. The van der Waals surface area contributed by atoms with Gasteiger partial charge in [-0.05, 0) is 38.5 Å². The van der Waals surface area contributed by atoms with Gasteiger partial charge in [0.1, 0.15) is 5.82 Å². The summed E-state index contributed by atoms with van der Waals surface area (Å²) in [6.07, 6.45) is 1.76. The average molecular weight is 262 g/mol. The number of nitrogens with one attached hydrogen (secondary N) is 1. The first-order valence-corrected chi connectivity index (χ1v) is 6.26. The molecule has 3 nitrogen and oxygen atoms in total. The molecule has 1 atom stereocenters. The molecule has 1 aromatic heterocycles. The van der Waals surface area contributed by atoms with Crippen LogP contribution in [0.15, 0.2) is 30.5 Å². The molecule has 2 aromatic rings. The van der Waals surface area contributed by atoms with E-state index in [2.05, 4.69) is 22.2 Å². The Labute approximate surface area is 112 Å². The molecule has 0 aliphatic carbocycles. The van der Waals surface area contributed by atoms with E-state index in [1.807, 2.05) is 38.1 Å². The Morgan fingerprint density at radius 1 is 1.11 bits per heavy atom. The number of halogens is 1. The SMILES string of the molecule is Cc1ncc(NC(C)c2ccc(Cl)cc2)nc1C. The number of nitrogens with zero attached hydrogens (tertiary/aromatic N) is 2. The monoisotopic (exact) mass is 261 g/mol. The highest BCUT2D eigenvalue weighted by Crippen LogP contribution is 2.19. The summed E-state index contributed by atoms with van der Waals surface area (Å²) < 4.78 is 0. The summed E-state index contributed by atoms with van der Waals surface area (Å²) in [6, 6.07) is 7.96. The minimum Gasteiger partial charge on any atom is -0.362 e. The summed E-state index contributed by atoms with van der Waals surface area (Å²) in [7, 11) is 0. The number of anilines is 1. The zero-order valence-corrected chi connectivity index (χ0v) is 11.5. The van der Waals surface area contributed by atoms with E-state index in [9.17, 15) is 0 Å². The summed E-state index contributed by atoms with van der Waals surface area (Å²) in [5, 5.41) is 4.08. The summed E-state index contributed by atoms with van der Waals surface area (Å²) in [6.45, 7) is 6.00. The molecule has 0 saturated carbocycles. The number of rotatable bonds is 3. The molecule has 0 saturated heterocycles. The minimum atomic E-state index is 0.165. The van der Waals surface area contributed by atoms with Gasteiger partial charge in [-0.3, -0.25) is 4.98 Å². The minimum absolute atomic E-state index is 0.165. The maximum absolute atomic E-state index is 5.87. The Morgan fingerprint density at radius 3 is 2.39 bits per heavy atom. The third-order valence-corrected chi connectivity index (χ3v) is 3.18. The maximum atomic E-state index is 5.87. The van der Waals surface area contributed by atoms with Gasteiger partial charge in [0.05, 0.1) is 17.6 Å². The number of hydrogen-bond donors (Lipinski definition) is 1. The van der Waals surface area contributed by atoms with E-state index in [-0.39, 0.29) is 6.04 Å². The molecule has 1 heterocycles. The molecular weight excluding hydrogens is 246 g/mol. The molecule has 0 bridgehead atoms. The van der Waals surface area contributed by atoms with Gasteiger partial charge in [0, 0.05) is 11.1 Å². The van der Waals surface area contributed by atoms with Gasteiger partial charge in [-0.1, -0.05) is 23.7 Å². The summed E-state index contributed by atoms with van der Waals surface area (Å²) in [5.41, 5.74) is 3.07. The molecule has 4 heteroatoms. The zero-order chi connectivity index (χ0) is 13.1. The van der Waals surface area contributed by atoms with Crippen molar-refractivity contribution in [3.8, 4) is 0 Å². The molecule has 0 fully saturated rings. The van der Waals surface area contributed by atoms with Crippen molar-refractivity contribution in [1.82, 2.24) is 9.97 Å². The van der Waals surface area contributed by atoms with Crippen LogP contribution >= 0.6 is 11.6 Å². The van der Waals surface area contributed by atoms with Crippen molar-refractivity contribution in [3.63, 3.8) is 0 Å². The predicted octanol–water partition coefficient (Wildman–Crippen LogP) is 3.92. The highest BCUT2D eigenvalue weighted by Gasteiger charge is 2.07. The number of hydrogen-bond acceptors (Lipinski definition) is 3. The van der Waals surface area contributed by atoms with Crippen LogP contribution in [0, 0.1) is 13.8 Å². The molecule has 1 unspecified atom stereocenters. The van der Waals surface area contributed by atoms with Crippen molar-refractivity contribution >= 4 is 17.4 Å². The van der Waals surface area contributed by atoms with E-state index in [0.717, 1.165) is 22.2 Å². The van der Waals surface area contributed by atoms with Crippen LogP contribution in [0.5, 0.6) is 0 Å². The molecule has 0 amide bonds. The Kier molecular flexibility index (Phi) is 3.82. The van der Waals surface area contributed by atoms with Crippen LogP contribution in [0.25, 0.3) is 0 Å². The van der Waals surface area contributed by atoms with Crippen LogP contribution in [0.4, 0.5) is 5.82 Å². The van der Waals surface area contributed by atoms with E-state index in [1.165, 1.54) is 5.56 Å². The van der Waals surface area contributed by atoms with Gasteiger partial charge in [0.25, 0.3) is 0 Å². The van der Waals surface area contributed by atoms with E-state index in [4.69, 9.17) is 11.6 Å². The molecule has 18 heavy (non-hydrogen) atoms. The average Bonchev–Trinajstić information content (AvgIpc) is 2.34. The lowest BCUT2D eigenvalue weighted by Crippen LogP contribution is -2.09. The van der Waals surface area contributed by atoms with Crippen LogP contribution in [0.3, 0.4) is 0 Å². The van der Waals surface area contributed by atoms with Crippen LogP contribution < -0.4 is 5.32 Å². The molecule has 0 aliphatic rings.